The largest absolute Gasteiger partial charge is 0.308 e. The van der Waals surface area contributed by atoms with E-state index < -0.39 is 0 Å². The third-order valence-electron chi connectivity index (χ3n) is 3.37. The Labute approximate surface area is 99.6 Å². The molecule has 0 radical (unpaired) electrons. The molecule has 1 aliphatic rings. The highest BCUT2D eigenvalue weighted by atomic mass is 16.1. The molecule has 1 aliphatic heterocycles. The average Bonchev–Trinajstić information content (AvgIpc) is 2.19. The first-order valence-electron chi connectivity index (χ1n) is 6.50. The molecule has 1 atom stereocenters. The number of nitrogens with zero attached hydrogens (tertiary/aromatic N) is 1. The molecule has 0 aliphatic carbocycles. The van der Waals surface area contributed by atoms with Crippen molar-refractivity contribution in [2.75, 3.05) is 26.7 Å². The van der Waals surface area contributed by atoms with E-state index in [4.69, 9.17) is 0 Å². The Kier molecular flexibility index (Phi) is 5.42. The minimum absolute atomic E-state index is 0.0795. The van der Waals surface area contributed by atoms with Gasteiger partial charge < -0.3 is 10.2 Å². The summed E-state index contributed by atoms with van der Waals surface area (Å²) in [6.07, 6.45) is 2.18. The van der Waals surface area contributed by atoms with E-state index in [9.17, 15) is 4.79 Å². The van der Waals surface area contributed by atoms with Gasteiger partial charge in [0, 0.05) is 19.0 Å². The van der Waals surface area contributed by atoms with E-state index in [0.29, 0.717) is 5.78 Å². The quantitative estimate of drug-likeness (QED) is 0.714. The number of nitrogens with one attached hydrogen (secondary N) is 1. The fourth-order valence-electron chi connectivity index (χ4n) is 2.41. The van der Waals surface area contributed by atoms with Crippen molar-refractivity contribution in [1.29, 1.82) is 0 Å². The summed E-state index contributed by atoms with van der Waals surface area (Å²) in [5.41, 5.74) is 0. The molecule has 0 spiro atoms. The second-order valence-electron chi connectivity index (χ2n) is 5.33. The van der Waals surface area contributed by atoms with Gasteiger partial charge in [-0.15, -0.1) is 0 Å². The summed E-state index contributed by atoms with van der Waals surface area (Å²) in [4.78, 5) is 14.3. The zero-order chi connectivity index (χ0) is 12.1. The van der Waals surface area contributed by atoms with Crippen LogP contribution in [-0.2, 0) is 4.79 Å². The van der Waals surface area contributed by atoms with Gasteiger partial charge in [0.15, 0.2) is 5.78 Å². The van der Waals surface area contributed by atoms with Crippen molar-refractivity contribution in [1.82, 2.24) is 10.2 Å². The molecule has 0 aromatic heterocycles. The first kappa shape index (κ1) is 13.7. The molecule has 3 heteroatoms. The van der Waals surface area contributed by atoms with E-state index in [1.807, 2.05) is 13.8 Å². The maximum atomic E-state index is 11.9. The van der Waals surface area contributed by atoms with Gasteiger partial charge in [0.25, 0.3) is 0 Å². The number of likely N-dealkylation sites (N-methyl/N-ethyl adjacent to an activating group) is 1. The minimum atomic E-state index is 0.0795. The highest BCUT2D eigenvalue weighted by Crippen LogP contribution is 2.20. The third-order valence-corrected chi connectivity index (χ3v) is 3.37. The van der Waals surface area contributed by atoms with Crippen LogP contribution in [-0.4, -0.2) is 43.4 Å². The van der Waals surface area contributed by atoms with E-state index in [2.05, 4.69) is 24.2 Å². The number of likely N-dealkylation sites (tertiary alicyclic amines) is 1. The molecule has 0 aromatic carbocycles. The van der Waals surface area contributed by atoms with Crippen molar-refractivity contribution in [3.63, 3.8) is 0 Å². The van der Waals surface area contributed by atoms with Crippen molar-refractivity contribution in [2.24, 2.45) is 11.8 Å². The summed E-state index contributed by atoms with van der Waals surface area (Å²) in [7, 11) is 2.15. The number of carbonyl (C=O) groups excluding carboxylic acids is 1. The lowest BCUT2D eigenvalue weighted by Crippen LogP contribution is -2.45. The first-order chi connectivity index (χ1) is 7.54. The van der Waals surface area contributed by atoms with Crippen molar-refractivity contribution in [3.8, 4) is 0 Å². The van der Waals surface area contributed by atoms with Crippen LogP contribution in [0.5, 0.6) is 0 Å². The summed E-state index contributed by atoms with van der Waals surface area (Å²) in [6, 6.07) is 0.0795. The molecular weight excluding hydrogens is 200 g/mol. The van der Waals surface area contributed by atoms with Gasteiger partial charge in [0.1, 0.15) is 0 Å². The van der Waals surface area contributed by atoms with Gasteiger partial charge in [-0.05, 0) is 32.4 Å². The minimum Gasteiger partial charge on any atom is -0.308 e. The topological polar surface area (TPSA) is 32.3 Å². The molecule has 0 saturated carbocycles. The van der Waals surface area contributed by atoms with Gasteiger partial charge in [-0.25, -0.2) is 0 Å². The van der Waals surface area contributed by atoms with Crippen molar-refractivity contribution >= 4 is 5.78 Å². The van der Waals surface area contributed by atoms with Gasteiger partial charge >= 0.3 is 0 Å². The Balaban J connectivity index is 2.30. The molecule has 3 nitrogen and oxygen atoms in total. The van der Waals surface area contributed by atoms with Crippen LogP contribution in [0.1, 0.15) is 33.6 Å². The summed E-state index contributed by atoms with van der Waals surface area (Å²) >= 11 is 0. The maximum Gasteiger partial charge on any atom is 0.152 e. The van der Waals surface area contributed by atoms with Crippen molar-refractivity contribution in [2.45, 2.75) is 39.7 Å². The number of carbonyl (C=O) groups is 1. The van der Waals surface area contributed by atoms with Crippen LogP contribution in [0, 0.1) is 11.8 Å². The molecule has 1 saturated heterocycles. The number of ketones is 1. The summed E-state index contributed by atoms with van der Waals surface area (Å²) < 4.78 is 0. The molecule has 1 fully saturated rings. The molecule has 94 valence electrons. The third kappa shape index (κ3) is 3.87. The predicted molar refractivity (Wildman–Crippen MR) is 67.5 cm³/mol. The van der Waals surface area contributed by atoms with Gasteiger partial charge in [-0.3, -0.25) is 4.79 Å². The molecule has 0 bridgehead atoms. The summed E-state index contributed by atoms with van der Waals surface area (Å²) in [6.45, 7) is 9.34. The Bertz CT molecular complexity index is 222. The van der Waals surface area contributed by atoms with Gasteiger partial charge in [0.05, 0.1) is 6.04 Å². The lowest BCUT2D eigenvalue weighted by molar-refractivity contribution is -0.124. The molecule has 1 N–H and O–H groups in total. The standard InChI is InChI=1S/C13H26N2O/c1-5-14-12(13(16)10(2)3)7-6-11-8-15(4)9-11/h10-12,14H,5-9H2,1-4H3. The Morgan fingerprint density at radius 1 is 1.44 bits per heavy atom. The molecular formula is C13H26N2O. The normalized spacial score (nSPS) is 19.8. The van der Waals surface area contributed by atoms with Gasteiger partial charge in [-0.2, -0.15) is 0 Å². The van der Waals surface area contributed by atoms with Gasteiger partial charge in [0.2, 0.25) is 0 Å². The zero-order valence-corrected chi connectivity index (χ0v) is 11.1. The fraction of sp³-hybridized carbons (Fsp3) is 0.923. The lowest BCUT2D eigenvalue weighted by atomic mass is 9.90. The zero-order valence-electron chi connectivity index (χ0n) is 11.1. The van der Waals surface area contributed by atoms with Crippen LogP contribution < -0.4 is 5.32 Å². The van der Waals surface area contributed by atoms with E-state index in [1.54, 1.807) is 0 Å². The number of hydrogen-bond acceptors (Lipinski definition) is 3. The molecule has 0 aromatic rings. The van der Waals surface area contributed by atoms with Crippen molar-refractivity contribution in [3.05, 3.63) is 0 Å². The molecule has 1 rings (SSSR count). The van der Waals surface area contributed by atoms with E-state index in [1.165, 1.54) is 19.5 Å². The summed E-state index contributed by atoms with van der Waals surface area (Å²) in [5, 5.41) is 3.32. The monoisotopic (exact) mass is 226 g/mol. The van der Waals surface area contributed by atoms with Crippen LogP contribution >= 0.6 is 0 Å². The van der Waals surface area contributed by atoms with Gasteiger partial charge in [-0.1, -0.05) is 20.8 Å². The van der Waals surface area contributed by atoms with Crippen LogP contribution in [0.25, 0.3) is 0 Å². The van der Waals surface area contributed by atoms with Crippen LogP contribution in [0.3, 0.4) is 0 Å². The lowest BCUT2D eigenvalue weighted by Gasteiger charge is -2.37. The van der Waals surface area contributed by atoms with E-state index >= 15 is 0 Å². The Hall–Kier alpha value is -0.410. The summed E-state index contributed by atoms with van der Waals surface area (Å²) in [5.74, 6) is 1.33. The second-order valence-corrected chi connectivity index (χ2v) is 5.33. The fourth-order valence-corrected chi connectivity index (χ4v) is 2.41. The highest BCUT2D eigenvalue weighted by molar-refractivity contribution is 5.85. The molecule has 16 heavy (non-hydrogen) atoms. The number of Topliss-reactive ketones (excluding diaryl/α,β-unsaturated/α-hetero) is 1. The molecule has 1 heterocycles. The highest BCUT2D eigenvalue weighted by Gasteiger charge is 2.26. The average molecular weight is 226 g/mol. The number of rotatable bonds is 7. The Morgan fingerprint density at radius 2 is 2.06 bits per heavy atom. The van der Waals surface area contributed by atoms with E-state index in [0.717, 1.165) is 18.9 Å². The van der Waals surface area contributed by atoms with E-state index in [-0.39, 0.29) is 12.0 Å². The SMILES string of the molecule is CCNC(CCC1CN(C)C1)C(=O)C(C)C. The molecule has 0 amide bonds. The van der Waals surface area contributed by atoms with Crippen LogP contribution in [0.4, 0.5) is 0 Å². The van der Waals surface area contributed by atoms with Crippen molar-refractivity contribution < 1.29 is 4.79 Å². The van der Waals surface area contributed by atoms with Crippen LogP contribution in [0.2, 0.25) is 0 Å². The Morgan fingerprint density at radius 3 is 2.50 bits per heavy atom. The second kappa shape index (κ2) is 6.36. The smallest absolute Gasteiger partial charge is 0.152 e. The maximum absolute atomic E-state index is 11.9. The first-order valence-corrected chi connectivity index (χ1v) is 6.50. The molecule has 1 unspecified atom stereocenters. The number of hydrogen-bond donors (Lipinski definition) is 1. The predicted octanol–water partition coefficient (Wildman–Crippen LogP) is 1.53. The van der Waals surface area contributed by atoms with Crippen LogP contribution in [0.15, 0.2) is 0 Å².